The van der Waals surface area contributed by atoms with Gasteiger partial charge in [-0.1, -0.05) is 36.4 Å². The second kappa shape index (κ2) is 9.47. The van der Waals surface area contributed by atoms with E-state index in [0.717, 1.165) is 22.0 Å². The highest BCUT2D eigenvalue weighted by Crippen LogP contribution is 2.15. The molecular formula is C20H22FIN4. The first-order chi connectivity index (χ1) is 12.2. The zero-order chi connectivity index (χ0) is 17.6. The minimum Gasteiger partial charge on any atom is -0.352 e. The van der Waals surface area contributed by atoms with Gasteiger partial charge in [-0.2, -0.15) is 0 Å². The molecule has 0 amide bonds. The van der Waals surface area contributed by atoms with Crippen LogP contribution in [0.1, 0.15) is 16.7 Å². The second-order valence-electron chi connectivity index (χ2n) is 5.86. The molecule has 0 unspecified atom stereocenters. The van der Waals surface area contributed by atoms with Crippen molar-refractivity contribution in [3.8, 4) is 0 Å². The molecule has 2 aromatic carbocycles. The van der Waals surface area contributed by atoms with Crippen molar-refractivity contribution in [2.24, 2.45) is 4.99 Å². The van der Waals surface area contributed by atoms with Crippen molar-refractivity contribution in [1.29, 1.82) is 0 Å². The van der Waals surface area contributed by atoms with Crippen molar-refractivity contribution in [2.75, 3.05) is 7.05 Å². The molecule has 1 heterocycles. The number of para-hydroxylation sites is 1. The number of rotatable bonds is 4. The Balaban J connectivity index is 0.00000243. The van der Waals surface area contributed by atoms with Crippen molar-refractivity contribution in [1.82, 2.24) is 15.6 Å². The number of fused-ring (bicyclic) bond motifs is 1. The maximum absolute atomic E-state index is 13.6. The molecule has 0 atom stereocenters. The van der Waals surface area contributed by atoms with E-state index >= 15 is 0 Å². The van der Waals surface area contributed by atoms with Gasteiger partial charge < -0.3 is 10.6 Å². The molecule has 6 heteroatoms. The van der Waals surface area contributed by atoms with Gasteiger partial charge in [0.1, 0.15) is 5.82 Å². The lowest BCUT2D eigenvalue weighted by atomic mass is 10.1. The van der Waals surface area contributed by atoms with E-state index in [-0.39, 0.29) is 29.8 Å². The minimum atomic E-state index is -0.191. The summed E-state index contributed by atoms with van der Waals surface area (Å²) in [5, 5.41) is 7.59. The quantitative estimate of drug-likeness (QED) is 0.346. The first-order valence-corrected chi connectivity index (χ1v) is 8.19. The van der Waals surface area contributed by atoms with Crippen LogP contribution < -0.4 is 10.6 Å². The number of aliphatic imine (C=N–C) groups is 1. The summed E-state index contributed by atoms with van der Waals surface area (Å²) in [6.45, 7) is 2.87. The third-order valence-electron chi connectivity index (χ3n) is 4.08. The van der Waals surface area contributed by atoms with E-state index in [1.807, 2.05) is 36.4 Å². The number of nitrogens with zero attached hydrogens (tertiary/aromatic N) is 2. The molecule has 3 rings (SSSR count). The predicted octanol–water partition coefficient (Wildman–Crippen LogP) is 4.17. The molecule has 26 heavy (non-hydrogen) atoms. The van der Waals surface area contributed by atoms with Gasteiger partial charge in [0.05, 0.1) is 5.52 Å². The molecule has 0 fully saturated rings. The number of hydrogen-bond donors (Lipinski definition) is 2. The third kappa shape index (κ3) is 4.91. The van der Waals surface area contributed by atoms with E-state index < -0.39 is 0 Å². The van der Waals surface area contributed by atoms with Gasteiger partial charge in [-0.25, -0.2) is 4.39 Å². The van der Waals surface area contributed by atoms with Crippen LogP contribution in [0.2, 0.25) is 0 Å². The number of aryl methyl sites for hydroxylation is 1. The molecule has 0 saturated carbocycles. The van der Waals surface area contributed by atoms with Crippen LogP contribution in [-0.2, 0) is 13.1 Å². The third-order valence-corrected chi connectivity index (χ3v) is 4.08. The lowest BCUT2D eigenvalue weighted by Crippen LogP contribution is -2.36. The number of pyridine rings is 1. The zero-order valence-electron chi connectivity index (χ0n) is 14.8. The topological polar surface area (TPSA) is 49.3 Å². The smallest absolute Gasteiger partial charge is 0.191 e. The van der Waals surface area contributed by atoms with E-state index in [1.165, 1.54) is 0 Å². The molecular weight excluding hydrogens is 442 g/mol. The molecule has 0 spiro atoms. The summed E-state index contributed by atoms with van der Waals surface area (Å²) in [5.74, 6) is 0.470. The van der Waals surface area contributed by atoms with Gasteiger partial charge >= 0.3 is 0 Å². The molecule has 0 bridgehead atoms. The molecule has 0 radical (unpaired) electrons. The second-order valence-corrected chi connectivity index (χ2v) is 5.86. The molecule has 0 saturated heterocycles. The monoisotopic (exact) mass is 464 g/mol. The Bertz CT molecular complexity index is 906. The summed E-state index contributed by atoms with van der Waals surface area (Å²) in [6, 6.07) is 15.3. The Morgan fingerprint density at radius 1 is 1.08 bits per heavy atom. The SMILES string of the molecule is CN=C(NCc1ccc(C)c(F)c1)NCc1cccc2cccnc12.I. The van der Waals surface area contributed by atoms with Crippen LogP contribution in [0.15, 0.2) is 59.7 Å². The Kier molecular flexibility index (Phi) is 7.32. The number of nitrogens with one attached hydrogen (secondary N) is 2. The van der Waals surface area contributed by atoms with Gasteiger partial charge in [-0.3, -0.25) is 9.98 Å². The van der Waals surface area contributed by atoms with Crippen LogP contribution in [0.25, 0.3) is 10.9 Å². The van der Waals surface area contributed by atoms with E-state index in [4.69, 9.17) is 0 Å². The van der Waals surface area contributed by atoms with E-state index in [1.54, 1.807) is 32.3 Å². The van der Waals surface area contributed by atoms with E-state index in [0.29, 0.717) is 24.6 Å². The van der Waals surface area contributed by atoms with Gasteiger partial charge in [-0.15, -0.1) is 24.0 Å². The first kappa shape index (κ1) is 20.1. The van der Waals surface area contributed by atoms with E-state index in [2.05, 4.69) is 20.6 Å². The van der Waals surface area contributed by atoms with Crippen molar-refractivity contribution >= 4 is 40.8 Å². The fourth-order valence-corrected chi connectivity index (χ4v) is 2.64. The van der Waals surface area contributed by atoms with Crippen molar-refractivity contribution in [2.45, 2.75) is 20.0 Å². The fraction of sp³-hybridized carbons (Fsp3) is 0.200. The van der Waals surface area contributed by atoms with Crippen LogP contribution in [0, 0.1) is 12.7 Å². The van der Waals surface area contributed by atoms with Crippen LogP contribution in [0.3, 0.4) is 0 Å². The fourth-order valence-electron chi connectivity index (χ4n) is 2.64. The van der Waals surface area contributed by atoms with Gasteiger partial charge in [0.2, 0.25) is 0 Å². The van der Waals surface area contributed by atoms with Gasteiger partial charge in [0, 0.05) is 31.7 Å². The van der Waals surface area contributed by atoms with Gasteiger partial charge in [-0.05, 0) is 35.7 Å². The molecule has 3 aromatic rings. The Morgan fingerprint density at radius 2 is 1.85 bits per heavy atom. The largest absolute Gasteiger partial charge is 0.352 e. The average Bonchev–Trinajstić information content (AvgIpc) is 2.64. The molecule has 0 aliphatic carbocycles. The summed E-state index contributed by atoms with van der Waals surface area (Å²) in [7, 11) is 1.71. The molecule has 136 valence electrons. The van der Waals surface area contributed by atoms with E-state index in [9.17, 15) is 4.39 Å². The zero-order valence-corrected chi connectivity index (χ0v) is 17.1. The van der Waals surface area contributed by atoms with Gasteiger partial charge in [0.15, 0.2) is 5.96 Å². The summed E-state index contributed by atoms with van der Waals surface area (Å²) >= 11 is 0. The number of hydrogen-bond acceptors (Lipinski definition) is 2. The predicted molar refractivity (Wildman–Crippen MR) is 115 cm³/mol. The molecule has 0 aliphatic rings. The number of aromatic nitrogens is 1. The Hall–Kier alpha value is -2.22. The molecule has 4 nitrogen and oxygen atoms in total. The lowest BCUT2D eigenvalue weighted by Gasteiger charge is -2.13. The standard InChI is InChI=1S/C20H21FN4.HI/c1-14-8-9-15(11-18(14)21)12-24-20(22-2)25-13-17-6-3-5-16-7-4-10-23-19(16)17;/h3-11H,12-13H2,1-2H3,(H2,22,24,25);1H. The Labute approximate surface area is 170 Å². The van der Waals surface area contributed by atoms with Crippen LogP contribution in [0.5, 0.6) is 0 Å². The van der Waals surface area contributed by atoms with Crippen molar-refractivity contribution < 1.29 is 4.39 Å². The number of benzene rings is 2. The van der Waals surface area contributed by atoms with Crippen molar-refractivity contribution in [3.63, 3.8) is 0 Å². The first-order valence-electron chi connectivity index (χ1n) is 8.19. The average molecular weight is 464 g/mol. The summed E-state index contributed by atoms with van der Waals surface area (Å²) in [5.41, 5.74) is 3.60. The van der Waals surface area contributed by atoms with Crippen LogP contribution >= 0.6 is 24.0 Å². The highest BCUT2D eigenvalue weighted by Gasteiger charge is 2.04. The normalized spacial score (nSPS) is 11.1. The van der Waals surface area contributed by atoms with Crippen LogP contribution in [0.4, 0.5) is 4.39 Å². The maximum Gasteiger partial charge on any atom is 0.191 e. The highest BCUT2D eigenvalue weighted by molar-refractivity contribution is 14.0. The highest BCUT2D eigenvalue weighted by atomic mass is 127. The number of halogens is 2. The minimum absolute atomic E-state index is 0. The Morgan fingerprint density at radius 3 is 2.62 bits per heavy atom. The molecule has 2 N–H and O–H groups in total. The van der Waals surface area contributed by atoms with Crippen molar-refractivity contribution in [3.05, 3.63) is 77.2 Å². The summed E-state index contributed by atoms with van der Waals surface area (Å²) in [4.78, 5) is 8.67. The lowest BCUT2D eigenvalue weighted by molar-refractivity contribution is 0.615. The summed E-state index contributed by atoms with van der Waals surface area (Å²) in [6.07, 6.45) is 1.80. The molecule has 0 aliphatic heterocycles. The maximum atomic E-state index is 13.6. The molecule has 1 aromatic heterocycles. The summed E-state index contributed by atoms with van der Waals surface area (Å²) < 4.78 is 13.6. The number of guanidine groups is 1. The van der Waals surface area contributed by atoms with Gasteiger partial charge in [0.25, 0.3) is 0 Å². The van der Waals surface area contributed by atoms with Crippen LogP contribution in [-0.4, -0.2) is 18.0 Å².